The number of rotatable bonds is 5. The molecule has 0 aliphatic carbocycles. The van der Waals surface area contributed by atoms with E-state index in [-0.39, 0.29) is 0 Å². The number of furan rings is 1. The fourth-order valence-corrected chi connectivity index (χ4v) is 2.02. The Kier molecular flexibility index (Phi) is 4.25. The van der Waals surface area contributed by atoms with Gasteiger partial charge in [-0.1, -0.05) is 11.8 Å². The predicted octanol–water partition coefficient (Wildman–Crippen LogP) is 4.51. The molecule has 18 heavy (non-hydrogen) atoms. The van der Waals surface area contributed by atoms with Gasteiger partial charge in [0.05, 0.1) is 12.8 Å². The molecule has 2 nitrogen and oxygen atoms in total. The molecule has 1 aromatic heterocycles. The molecule has 0 spiro atoms. The molecule has 0 radical (unpaired) electrons. The van der Waals surface area contributed by atoms with Gasteiger partial charge in [-0.2, -0.15) is 8.78 Å². The zero-order chi connectivity index (χ0) is 13.0. The molecule has 2 rings (SSSR count). The summed E-state index contributed by atoms with van der Waals surface area (Å²) in [6, 6.07) is 8.81. The molecule has 0 atom stereocenters. The number of nitrogens with one attached hydrogen (secondary N) is 1. The Hall–Kier alpha value is -1.49. The van der Waals surface area contributed by atoms with E-state index >= 15 is 0 Å². The first-order valence-electron chi connectivity index (χ1n) is 5.47. The lowest BCUT2D eigenvalue weighted by molar-refractivity contribution is 0.252. The van der Waals surface area contributed by atoms with Gasteiger partial charge in [-0.3, -0.25) is 0 Å². The van der Waals surface area contributed by atoms with E-state index in [9.17, 15) is 8.78 Å². The van der Waals surface area contributed by atoms with Crippen LogP contribution >= 0.6 is 11.8 Å². The minimum atomic E-state index is -2.38. The van der Waals surface area contributed by atoms with E-state index in [1.807, 2.05) is 13.0 Å². The normalized spacial score (nSPS) is 10.9. The molecule has 1 heterocycles. The van der Waals surface area contributed by atoms with Crippen LogP contribution in [0.25, 0.3) is 0 Å². The van der Waals surface area contributed by atoms with Crippen molar-refractivity contribution in [3.63, 3.8) is 0 Å². The number of aryl methyl sites for hydroxylation is 1. The Morgan fingerprint density at radius 1 is 1.22 bits per heavy atom. The predicted molar refractivity (Wildman–Crippen MR) is 69.1 cm³/mol. The van der Waals surface area contributed by atoms with Crippen LogP contribution in [0, 0.1) is 6.92 Å². The highest BCUT2D eigenvalue weighted by Crippen LogP contribution is 2.26. The number of anilines is 1. The lowest BCUT2D eigenvalue weighted by Crippen LogP contribution is -1.99. The van der Waals surface area contributed by atoms with Gasteiger partial charge in [0.25, 0.3) is 5.76 Å². The van der Waals surface area contributed by atoms with E-state index in [1.54, 1.807) is 30.5 Å². The lowest BCUT2D eigenvalue weighted by atomic mass is 10.2. The van der Waals surface area contributed by atoms with Crippen LogP contribution in [0.5, 0.6) is 0 Å². The van der Waals surface area contributed by atoms with E-state index in [4.69, 9.17) is 4.42 Å². The molecule has 0 fully saturated rings. The maximum Gasteiger partial charge on any atom is 0.288 e. The highest BCUT2D eigenvalue weighted by molar-refractivity contribution is 7.99. The lowest BCUT2D eigenvalue weighted by Gasteiger charge is -2.06. The first-order chi connectivity index (χ1) is 8.65. The van der Waals surface area contributed by atoms with Gasteiger partial charge in [-0.15, -0.1) is 0 Å². The number of thioether (sulfide) groups is 1. The summed E-state index contributed by atoms with van der Waals surface area (Å²) in [4.78, 5) is 0.560. The van der Waals surface area contributed by atoms with E-state index < -0.39 is 5.76 Å². The van der Waals surface area contributed by atoms with Crippen LogP contribution in [-0.2, 0) is 6.54 Å². The molecule has 0 aliphatic heterocycles. The Bertz CT molecular complexity index is 496. The number of hydrogen-bond acceptors (Lipinski definition) is 3. The molecule has 0 saturated carbocycles. The molecule has 0 aliphatic rings. The first kappa shape index (κ1) is 13.0. The zero-order valence-corrected chi connectivity index (χ0v) is 10.6. The average Bonchev–Trinajstić information content (AvgIpc) is 2.73. The molecule has 5 heteroatoms. The number of alkyl halides is 2. The van der Waals surface area contributed by atoms with Crippen molar-refractivity contribution < 1.29 is 13.2 Å². The molecule has 0 saturated heterocycles. The highest BCUT2D eigenvalue weighted by Gasteiger charge is 2.05. The van der Waals surface area contributed by atoms with Gasteiger partial charge in [0.15, 0.2) is 0 Å². The highest BCUT2D eigenvalue weighted by atomic mass is 32.2. The van der Waals surface area contributed by atoms with Gasteiger partial charge in [0.1, 0.15) is 5.76 Å². The van der Waals surface area contributed by atoms with Crippen LogP contribution in [0.4, 0.5) is 14.5 Å². The molecule has 0 unspecified atom stereocenters. The van der Waals surface area contributed by atoms with E-state index in [1.165, 1.54) is 0 Å². The summed E-state index contributed by atoms with van der Waals surface area (Å²) in [7, 11) is 0. The zero-order valence-electron chi connectivity index (χ0n) is 9.82. The van der Waals surface area contributed by atoms with Crippen molar-refractivity contribution in [1.29, 1.82) is 0 Å². The maximum absolute atomic E-state index is 12.1. The van der Waals surface area contributed by atoms with Gasteiger partial charge in [-0.05, 0) is 42.8 Å². The van der Waals surface area contributed by atoms with Crippen molar-refractivity contribution in [2.75, 3.05) is 5.32 Å². The van der Waals surface area contributed by atoms with Crippen LogP contribution in [-0.4, -0.2) is 5.76 Å². The molecular weight excluding hydrogens is 256 g/mol. The summed E-state index contributed by atoms with van der Waals surface area (Å²) in [5.74, 6) is -1.50. The largest absolute Gasteiger partial charge is 0.467 e. The molecule has 0 bridgehead atoms. The maximum atomic E-state index is 12.1. The second-order valence-electron chi connectivity index (χ2n) is 3.78. The van der Waals surface area contributed by atoms with Crippen molar-refractivity contribution in [3.05, 3.63) is 47.9 Å². The van der Waals surface area contributed by atoms with Crippen LogP contribution in [0.1, 0.15) is 11.3 Å². The number of halogens is 2. The smallest absolute Gasteiger partial charge is 0.288 e. The van der Waals surface area contributed by atoms with E-state index in [0.717, 1.165) is 17.0 Å². The number of benzene rings is 1. The Morgan fingerprint density at radius 3 is 2.50 bits per heavy atom. The first-order valence-corrected chi connectivity index (χ1v) is 6.35. The molecular formula is C13H13F2NOS. The van der Waals surface area contributed by atoms with Crippen LogP contribution in [0.2, 0.25) is 0 Å². The second-order valence-corrected chi connectivity index (χ2v) is 4.85. The van der Waals surface area contributed by atoms with Gasteiger partial charge >= 0.3 is 0 Å². The summed E-state index contributed by atoms with van der Waals surface area (Å²) in [5, 5.41) is 3.18. The molecule has 1 aromatic carbocycles. The van der Waals surface area contributed by atoms with Crippen molar-refractivity contribution in [1.82, 2.24) is 0 Å². The van der Waals surface area contributed by atoms with Crippen molar-refractivity contribution >= 4 is 17.4 Å². The second kappa shape index (κ2) is 5.91. The SMILES string of the molecule is Cc1ccoc1CNc1ccc(SC(F)F)cc1. The van der Waals surface area contributed by atoms with E-state index in [0.29, 0.717) is 23.2 Å². The third-order valence-electron chi connectivity index (χ3n) is 2.50. The monoisotopic (exact) mass is 269 g/mol. The quantitative estimate of drug-likeness (QED) is 0.808. The molecule has 0 amide bonds. The van der Waals surface area contributed by atoms with Gasteiger partial charge < -0.3 is 9.73 Å². The molecule has 2 aromatic rings. The fraction of sp³-hybridized carbons (Fsp3) is 0.231. The topological polar surface area (TPSA) is 25.2 Å². The van der Waals surface area contributed by atoms with E-state index in [2.05, 4.69) is 5.32 Å². The summed E-state index contributed by atoms with van der Waals surface area (Å²) < 4.78 is 29.6. The Morgan fingerprint density at radius 2 is 1.94 bits per heavy atom. The van der Waals surface area contributed by atoms with Crippen molar-refractivity contribution in [3.8, 4) is 0 Å². The molecule has 96 valence electrons. The third kappa shape index (κ3) is 3.50. The standard InChI is InChI=1S/C13H13F2NOS/c1-9-6-7-17-12(9)8-16-10-2-4-11(5-3-10)18-13(14)15/h2-7,13,16H,8H2,1H3. The van der Waals surface area contributed by atoms with Gasteiger partial charge in [-0.25, -0.2) is 0 Å². The minimum absolute atomic E-state index is 0.546. The average molecular weight is 269 g/mol. The Labute approximate surface area is 108 Å². The van der Waals surface area contributed by atoms with Crippen molar-refractivity contribution in [2.24, 2.45) is 0 Å². The van der Waals surface area contributed by atoms with Gasteiger partial charge in [0.2, 0.25) is 0 Å². The third-order valence-corrected chi connectivity index (χ3v) is 3.22. The van der Waals surface area contributed by atoms with Crippen LogP contribution in [0.15, 0.2) is 45.9 Å². The van der Waals surface area contributed by atoms with Crippen LogP contribution < -0.4 is 5.32 Å². The number of hydrogen-bond donors (Lipinski definition) is 1. The van der Waals surface area contributed by atoms with Crippen molar-refractivity contribution in [2.45, 2.75) is 24.1 Å². The minimum Gasteiger partial charge on any atom is -0.467 e. The fourth-order valence-electron chi connectivity index (χ4n) is 1.52. The van der Waals surface area contributed by atoms with Gasteiger partial charge in [0, 0.05) is 10.6 Å². The Balaban J connectivity index is 1.92. The summed E-state index contributed by atoms with van der Waals surface area (Å²) in [6.07, 6.45) is 1.65. The van der Waals surface area contributed by atoms with Crippen LogP contribution in [0.3, 0.4) is 0 Å². The summed E-state index contributed by atoms with van der Waals surface area (Å²) >= 11 is 0.546. The summed E-state index contributed by atoms with van der Waals surface area (Å²) in [6.45, 7) is 2.56. The molecule has 1 N–H and O–H groups in total. The summed E-state index contributed by atoms with van der Waals surface area (Å²) in [5.41, 5.74) is 1.97.